The third-order valence-electron chi connectivity index (χ3n) is 3.80. The number of carbonyl (C=O) groups is 1. The van der Waals surface area contributed by atoms with Crippen molar-refractivity contribution in [1.29, 1.82) is 0 Å². The van der Waals surface area contributed by atoms with Gasteiger partial charge in [-0.15, -0.1) is 0 Å². The van der Waals surface area contributed by atoms with Crippen molar-refractivity contribution in [3.05, 3.63) is 76.7 Å². The Morgan fingerprint density at radius 2 is 1.73 bits per heavy atom. The van der Waals surface area contributed by atoms with Gasteiger partial charge in [-0.1, -0.05) is 30.3 Å². The number of benzene rings is 2. The van der Waals surface area contributed by atoms with Gasteiger partial charge in [0.25, 0.3) is 5.56 Å². The van der Waals surface area contributed by atoms with E-state index in [4.69, 9.17) is 4.79 Å². The molecule has 0 fully saturated rings. The van der Waals surface area contributed by atoms with Gasteiger partial charge in [0.1, 0.15) is 5.82 Å². The Morgan fingerprint density at radius 1 is 1.04 bits per heavy atom. The van der Waals surface area contributed by atoms with Gasteiger partial charge in [0.05, 0.1) is 10.9 Å². The SMILES string of the molecule is Cc1ccccc1Nc1ccn2c(=O)c3ccccc3nc2n1.NC=O. The predicted octanol–water partition coefficient (Wildman–Crippen LogP) is 2.40. The highest BCUT2D eigenvalue weighted by Crippen LogP contribution is 2.18. The van der Waals surface area contributed by atoms with Gasteiger partial charge in [-0.05, 0) is 36.8 Å². The molecule has 0 aliphatic rings. The van der Waals surface area contributed by atoms with Crippen LogP contribution in [0.1, 0.15) is 5.56 Å². The van der Waals surface area contributed by atoms with Crippen LogP contribution in [-0.2, 0) is 4.79 Å². The molecular formula is C19H17N5O2. The summed E-state index contributed by atoms with van der Waals surface area (Å²) >= 11 is 0. The molecular weight excluding hydrogens is 330 g/mol. The summed E-state index contributed by atoms with van der Waals surface area (Å²) in [7, 11) is 0. The molecule has 3 N–H and O–H groups in total. The normalized spacial score (nSPS) is 10.2. The number of nitrogens with one attached hydrogen (secondary N) is 1. The molecule has 0 saturated carbocycles. The number of hydrogen-bond donors (Lipinski definition) is 2. The number of anilines is 2. The molecule has 0 aliphatic carbocycles. The van der Waals surface area contributed by atoms with Crippen LogP contribution in [0.3, 0.4) is 0 Å². The molecule has 4 aromatic rings. The van der Waals surface area contributed by atoms with Gasteiger partial charge in [0.2, 0.25) is 12.2 Å². The number of aromatic nitrogens is 3. The Balaban J connectivity index is 0.000000613. The van der Waals surface area contributed by atoms with Crippen LogP contribution in [0.25, 0.3) is 16.7 Å². The van der Waals surface area contributed by atoms with Gasteiger partial charge in [0.15, 0.2) is 0 Å². The van der Waals surface area contributed by atoms with E-state index < -0.39 is 0 Å². The fraction of sp³-hybridized carbons (Fsp3) is 0.0526. The number of primary amides is 1. The van der Waals surface area contributed by atoms with Gasteiger partial charge in [-0.3, -0.25) is 14.0 Å². The second-order valence-corrected chi connectivity index (χ2v) is 5.49. The van der Waals surface area contributed by atoms with Gasteiger partial charge < -0.3 is 11.1 Å². The monoisotopic (exact) mass is 347 g/mol. The average molecular weight is 347 g/mol. The molecule has 0 saturated heterocycles. The van der Waals surface area contributed by atoms with Gasteiger partial charge in [-0.25, -0.2) is 4.98 Å². The number of amides is 1. The minimum absolute atomic E-state index is 0.111. The summed E-state index contributed by atoms with van der Waals surface area (Å²) in [5.41, 5.74) is 6.81. The fourth-order valence-corrected chi connectivity index (χ4v) is 2.56. The Morgan fingerprint density at radius 3 is 2.50 bits per heavy atom. The highest BCUT2D eigenvalue weighted by Gasteiger charge is 2.07. The number of fused-ring (bicyclic) bond motifs is 2. The molecule has 2 aromatic carbocycles. The molecule has 0 spiro atoms. The lowest BCUT2D eigenvalue weighted by Gasteiger charge is -2.09. The summed E-state index contributed by atoms with van der Waals surface area (Å²) in [6, 6.07) is 17.0. The molecule has 2 aromatic heterocycles. The van der Waals surface area contributed by atoms with Crippen molar-refractivity contribution in [3.8, 4) is 0 Å². The van der Waals surface area contributed by atoms with E-state index in [9.17, 15) is 4.79 Å². The second-order valence-electron chi connectivity index (χ2n) is 5.49. The summed E-state index contributed by atoms with van der Waals surface area (Å²) in [6.45, 7) is 2.03. The summed E-state index contributed by atoms with van der Waals surface area (Å²) in [5, 5.41) is 3.85. The molecule has 0 bridgehead atoms. The van der Waals surface area contributed by atoms with E-state index in [1.165, 1.54) is 4.40 Å². The maximum Gasteiger partial charge on any atom is 0.266 e. The van der Waals surface area contributed by atoms with Crippen molar-refractivity contribution in [1.82, 2.24) is 14.4 Å². The number of para-hydroxylation sites is 2. The summed E-state index contributed by atoms with van der Waals surface area (Å²) in [5.74, 6) is 1.04. The zero-order chi connectivity index (χ0) is 18.5. The van der Waals surface area contributed by atoms with E-state index >= 15 is 0 Å². The molecule has 4 rings (SSSR count). The van der Waals surface area contributed by atoms with Crippen LogP contribution in [0.4, 0.5) is 11.5 Å². The van der Waals surface area contributed by atoms with Gasteiger partial charge in [0, 0.05) is 11.9 Å². The van der Waals surface area contributed by atoms with Crippen LogP contribution in [0, 0.1) is 6.92 Å². The molecule has 7 heteroatoms. The zero-order valence-corrected chi connectivity index (χ0v) is 14.1. The summed E-state index contributed by atoms with van der Waals surface area (Å²) in [4.78, 5) is 30.0. The Labute approximate surface area is 149 Å². The van der Waals surface area contributed by atoms with Crippen molar-refractivity contribution in [2.75, 3.05) is 5.32 Å². The van der Waals surface area contributed by atoms with Crippen molar-refractivity contribution in [2.24, 2.45) is 5.73 Å². The molecule has 0 unspecified atom stereocenters. The quantitative estimate of drug-likeness (QED) is 0.428. The standard InChI is InChI=1S/C18H14N4O.CH3NO/c1-12-6-2-4-8-14(12)19-16-10-11-22-17(23)13-7-3-5-9-15(13)20-18(22)21-16;2-1-3/h2-11H,1H3,(H,19,20,21);1H,(H2,2,3). The molecule has 0 aliphatic heterocycles. The summed E-state index contributed by atoms with van der Waals surface area (Å²) < 4.78 is 1.46. The first-order chi connectivity index (χ1) is 12.6. The van der Waals surface area contributed by atoms with E-state index in [-0.39, 0.29) is 12.0 Å². The average Bonchev–Trinajstić information content (AvgIpc) is 2.64. The van der Waals surface area contributed by atoms with Crippen LogP contribution in [0.15, 0.2) is 65.6 Å². The van der Waals surface area contributed by atoms with Crippen LogP contribution < -0.4 is 16.6 Å². The number of nitrogens with two attached hydrogens (primary N) is 1. The van der Waals surface area contributed by atoms with Crippen LogP contribution in [0.2, 0.25) is 0 Å². The number of carbonyl (C=O) groups excluding carboxylic acids is 1. The van der Waals surface area contributed by atoms with Gasteiger partial charge >= 0.3 is 0 Å². The number of nitrogens with zero attached hydrogens (tertiary/aromatic N) is 3. The lowest BCUT2D eigenvalue weighted by Crippen LogP contribution is -2.16. The minimum atomic E-state index is -0.111. The predicted molar refractivity (Wildman–Crippen MR) is 101 cm³/mol. The molecule has 1 amide bonds. The van der Waals surface area contributed by atoms with Crippen molar-refractivity contribution in [2.45, 2.75) is 6.92 Å². The maximum absolute atomic E-state index is 12.5. The Hall–Kier alpha value is -3.74. The van der Waals surface area contributed by atoms with Crippen molar-refractivity contribution >= 4 is 34.6 Å². The molecule has 2 heterocycles. The molecule has 0 radical (unpaired) electrons. The van der Waals surface area contributed by atoms with E-state index in [1.807, 2.05) is 49.4 Å². The lowest BCUT2D eigenvalue weighted by atomic mass is 10.2. The van der Waals surface area contributed by atoms with Crippen LogP contribution >= 0.6 is 0 Å². The van der Waals surface area contributed by atoms with E-state index in [0.717, 1.165) is 11.3 Å². The largest absolute Gasteiger partial charge is 0.372 e. The zero-order valence-electron chi connectivity index (χ0n) is 14.1. The van der Waals surface area contributed by atoms with Crippen molar-refractivity contribution in [3.63, 3.8) is 0 Å². The summed E-state index contributed by atoms with van der Waals surface area (Å²) in [6.07, 6.45) is 1.95. The molecule has 7 nitrogen and oxygen atoms in total. The number of rotatable bonds is 2. The fourth-order valence-electron chi connectivity index (χ4n) is 2.56. The van der Waals surface area contributed by atoms with Gasteiger partial charge in [-0.2, -0.15) is 4.98 Å². The van der Waals surface area contributed by atoms with E-state index in [0.29, 0.717) is 22.5 Å². The van der Waals surface area contributed by atoms with E-state index in [2.05, 4.69) is 21.0 Å². The Kier molecular flexibility index (Phi) is 4.89. The first-order valence-corrected chi connectivity index (χ1v) is 7.90. The lowest BCUT2D eigenvalue weighted by molar-refractivity contribution is -0.106. The molecule has 0 atom stereocenters. The highest BCUT2D eigenvalue weighted by molar-refractivity contribution is 5.79. The number of aryl methyl sites for hydroxylation is 1. The van der Waals surface area contributed by atoms with Crippen molar-refractivity contribution < 1.29 is 4.79 Å². The van der Waals surface area contributed by atoms with Crippen LogP contribution in [0.5, 0.6) is 0 Å². The molecule has 130 valence electrons. The third kappa shape index (κ3) is 3.36. The van der Waals surface area contributed by atoms with E-state index in [1.54, 1.807) is 18.3 Å². The first kappa shape index (κ1) is 17.1. The number of hydrogen-bond acceptors (Lipinski definition) is 5. The smallest absolute Gasteiger partial charge is 0.266 e. The Bertz CT molecular complexity index is 1140. The molecule has 26 heavy (non-hydrogen) atoms. The third-order valence-corrected chi connectivity index (χ3v) is 3.80. The topological polar surface area (TPSA) is 102 Å². The van der Waals surface area contributed by atoms with Crippen LogP contribution in [-0.4, -0.2) is 20.8 Å². The second kappa shape index (κ2) is 7.43. The maximum atomic E-state index is 12.5. The minimum Gasteiger partial charge on any atom is -0.372 e. The first-order valence-electron chi connectivity index (χ1n) is 7.90. The highest BCUT2D eigenvalue weighted by atomic mass is 16.1.